The highest BCUT2D eigenvalue weighted by atomic mass is 79.9. The summed E-state index contributed by atoms with van der Waals surface area (Å²) in [5.74, 6) is 0.815. The summed E-state index contributed by atoms with van der Waals surface area (Å²) < 4.78 is 6.16. The number of halogens is 3. The molecule has 1 N–H and O–H groups in total. The second-order valence-electron chi connectivity index (χ2n) is 4.39. The zero-order valence-electron chi connectivity index (χ0n) is 11.1. The van der Waals surface area contributed by atoms with Gasteiger partial charge in [-0.2, -0.15) is 0 Å². The van der Waals surface area contributed by atoms with Crippen molar-refractivity contribution in [1.29, 1.82) is 0 Å². The van der Waals surface area contributed by atoms with Crippen LogP contribution in [0.3, 0.4) is 0 Å². The predicted octanol–water partition coefficient (Wildman–Crippen LogP) is 5.94. The maximum Gasteiger partial charge on any atom is 0.133 e. The number of hydrogen-bond acceptors (Lipinski definition) is 2. The molecule has 0 aliphatic rings. The molecule has 0 aliphatic heterocycles. The Morgan fingerprint density at radius 2 is 1.85 bits per heavy atom. The predicted molar refractivity (Wildman–Crippen MR) is 89.2 cm³/mol. The smallest absolute Gasteiger partial charge is 0.133 e. The summed E-state index contributed by atoms with van der Waals surface area (Å²) in [6.45, 7) is 2.08. The number of hydrogen-bond donors (Lipinski definition) is 1. The minimum absolute atomic E-state index is 0.134. The molecule has 2 aromatic carbocycles. The third-order valence-corrected chi connectivity index (χ3v) is 4.34. The quantitative estimate of drug-likeness (QED) is 0.715. The van der Waals surface area contributed by atoms with Gasteiger partial charge >= 0.3 is 0 Å². The lowest BCUT2D eigenvalue weighted by atomic mass is 10.1. The molecule has 0 aliphatic carbocycles. The SMILES string of the molecule is COc1ccc(C(C)Nc2ccc(Cl)c(Cl)c2)cc1Br. The second-order valence-corrected chi connectivity index (χ2v) is 6.06. The molecule has 2 rings (SSSR count). The molecule has 0 saturated heterocycles. The Morgan fingerprint density at radius 3 is 2.45 bits per heavy atom. The van der Waals surface area contributed by atoms with Gasteiger partial charge in [0.15, 0.2) is 0 Å². The first-order valence-corrected chi connectivity index (χ1v) is 7.61. The van der Waals surface area contributed by atoms with E-state index < -0.39 is 0 Å². The van der Waals surface area contributed by atoms with Crippen LogP contribution in [0.2, 0.25) is 10.0 Å². The van der Waals surface area contributed by atoms with Gasteiger partial charge in [-0.25, -0.2) is 0 Å². The van der Waals surface area contributed by atoms with E-state index in [-0.39, 0.29) is 6.04 Å². The zero-order valence-corrected chi connectivity index (χ0v) is 14.2. The number of anilines is 1. The first-order chi connectivity index (χ1) is 9.51. The first kappa shape index (κ1) is 15.5. The summed E-state index contributed by atoms with van der Waals surface area (Å²) in [6, 6.07) is 11.6. The summed E-state index contributed by atoms with van der Waals surface area (Å²) in [4.78, 5) is 0. The third kappa shape index (κ3) is 3.60. The van der Waals surface area contributed by atoms with Gasteiger partial charge < -0.3 is 10.1 Å². The van der Waals surface area contributed by atoms with Crippen molar-refractivity contribution in [3.8, 4) is 5.75 Å². The fourth-order valence-electron chi connectivity index (χ4n) is 1.87. The number of ether oxygens (including phenoxy) is 1. The Kier molecular flexibility index (Phi) is 5.19. The van der Waals surface area contributed by atoms with Crippen LogP contribution in [0.5, 0.6) is 5.75 Å². The van der Waals surface area contributed by atoms with Crippen LogP contribution in [-0.2, 0) is 0 Å². The molecule has 2 aromatic rings. The van der Waals surface area contributed by atoms with Gasteiger partial charge in [-0.1, -0.05) is 29.3 Å². The number of methoxy groups -OCH3 is 1. The van der Waals surface area contributed by atoms with Gasteiger partial charge in [0.1, 0.15) is 5.75 Å². The first-order valence-electron chi connectivity index (χ1n) is 6.06. The van der Waals surface area contributed by atoms with Gasteiger partial charge in [0.25, 0.3) is 0 Å². The van der Waals surface area contributed by atoms with Crippen molar-refractivity contribution >= 4 is 44.8 Å². The maximum atomic E-state index is 6.01. The molecule has 2 nitrogen and oxygen atoms in total. The molecule has 0 aromatic heterocycles. The van der Waals surface area contributed by atoms with Crippen LogP contribution >= 0.6 is 39.1 Å². The number of rotatable bonds is 4. The van der Waals surface area contributed by atoms with Crippen LogP contribution in [0.1, 0.15) is 18.5 Å². The van der Waals surface area contributed by atoms with Gasteiger partial charge in [0.05, 0.1) is 21.6 Å². The number of benzene rings is 2. The van der Waals surface area contributed by atoms with Crippen molar-refractivity contribution in [2.45, 2.75) is 13.0 Å². The molecule has 20 heavy (non-hydrogen) atoms. The molecule has 106 valence electrons. The van der Waals surface area contributed by atoms with E-state index in [1.54, 1.807) is 13.2 Å². The van der Waals surface area contributed by atoms with E-state index in [1.165, 1.54) is 0 Å². The van der Waals surface area contributed by atoms with Gasteiger partial charge in [-0.15, -0.1) is 0 Å². The fraction of sp³-hybridized carbons (Fsp3) is 0.200. The highest BCUT2D eigenvalue weighted by Gasteiger charge is 2.09. The van der Waals surface area contributed by atoms with Crippen molar-refractivity contribution in [2.24, 2.45) is 0 Å². The summed E-state index contributed by atoms with van der Waals surface area (Å²) in [5.41, 5.74) is 2.07. The summed E-state index contributed by atoms with van der Waals surface area (Å²) in [5, 5.41) is 4.48. The Morgan fingerprint density at radius 1 is 1.10 bits per heavy atom. The van der Waals surface area contributed by atoms with Gasteiger partial charge in [-0.05, 0) is 58.7 Å². The normalized spacial score (nSPS) is 12.1. The van der Waals surface area contributed by atoms with Gasteiger partial charge in [0.2, 0.25) is 0 Å². The minimum Gasteiger partial charge on any atom is -0.496 e. The zero-order chi connectivity index (χ0) is 14.7. The van der Waals surface area contributed by atoms with Crippen LogP contribution in [0.15, 0.2) is 40.9 Å². The van der Waals surface area contributed by atoms with E-state index in [9.17, 15) is 0 Å². The third-order valence-electron chi connectivity index (χ3n) is 2.98. The van der Waals surface area contributed by atoms with E-state index >= 15 is 0 Å². The number of nitrogens with one attached hydrogen (secondary N) is 1. The Hall–Kier alpha value is -0.900. The van der Waals surface area contributed by atoms with Crippen LogP contribution in [0, 0.1) is 0 Å². The van der Waals surface area contributed by atoms with Gasteiger partial charge in [0, 0.05) is 11.7 Å². The minimum atomic E-state index is 0.134. The molecule has 1 atom stereocenters. The summed E-state index contributed by atoms with van der Waals surface area (Å²) in [6.07, 6.45) is 0. The van der Waals surface area contributed by atoms with Gasteiger partial charge in [-0.3, -0.25) is 0 Å². The molecule has 0 radical (unpaired) electrons. The van der Waals surface area contributed by atoms with Crippen molar-refractivity contribution in [1.82, 2.24) is 0 Å². The van der Waals surface area contributed by atoms with E-state index in [1.807, 2.05) is 30.3 Å². The Balaban J connectivity index is 2.17. The Bertz CT molecular complexity index is 619. The molecule has 0 bridgehead atoms. The summed E-state index contributed by atoms with van der Waals surface area (Å²) >= 11 is 15.4. The Labute approximate surface area is 137 Å². The molecule has 0 spiro atoms. The van der Waals surface area contributed by atoms with E-state index in [0.717, 1.165) is 21.5 Å². The lowest BCUT2D eigenvalue weighted by molar-refractivity contribution is 0.412. The van der Waals surface area contributed by atoms with Crippen molar-refractivity contribution in [2.75, 3.05) is 12.4 Å². The van der Waals surface area contributed by atoms with Crippen LogP contribution < -0.4 is 10.1 Å². The molecule has 0 heterocycles. The second kappa shape index (κ2) is 6.70. The van der Waals surface area contributed by atoms with Crippen LogP contribution in [0.4, 0.5) is 5.69 Å². The highest BCUT2D eigenvalue weighted by molar-refractivity contribution is 9.10. The molecular weight excluding hydrogens is 361 g/mol. The molecule has 1 unspecified atom stereocenters. The lowest BCUT2D eigenvalue weighted by Gasteiger charge is -2.17. The van der Waals surface area contributed by atoms with E-state index in [2.05, 4.69) is 28.2 Å². The largest absolute Gasteiger partial charge is 0.496 e. The van der Waals surface area contributed by atoms with Crippen LogP contribution in [-0.4, -0.2) is 7.11 Å². The molecule has 0 saturated carbocycles. The van der Waals surface area contributed by atoms with Crippen molar-refractivity contribution in [3.63, 3.8) is 0 Å². The van der Waals surface area contributed by atoms with Crippen molar-refractivity contribution in [3.05, 3.63) is 56.5 Å². The highest BCUT2D eigenvalue weighted by Crippen LogP contribution is 2.31. The van der Waals surface area contributed by atoms with E-state index in [4.69, 9.17) is 27.9 Å². The van der Waals surface area contributed by atoms with E-state index in [0.29, 0.717) is 10.0 Å². The average molecular weight is 375 g/mol. The molecule has 5 heteroatoms. The van der Waals surface area contributed by atoms with Crippen LogP contribution in [0.25, 0.3) is 0 Å². The monoisotopic (exact) mass is 373 g/mol. The standard InChI is InChI=1S/C15H14BrCl2NO/c1-9(10-3-6-15(20-2)12(16)7-10)19-11-4-5-13(17)14(18)8-11/h3-9,19H,1-2H3. The molecular formula is C15H14BrCl2NO. The summed E-state index contributed by atoms with van der Waals surface area (Å²) in [7, 11) is 1.65. The average Bonchev–Trinajstić information content (AvgIpc) is 2.42. The maximum absolute atomic E-state index is 6.01. The molecule has 0 amide bonds. The molecule has 0 fully saturated rings. The van der Waals surface area contributed by atoms with Crippen molar-refractivity contribution < 1.29 is 4.74 Å². The topological polar surface area (TPSA) is 21.3 Å². The fourth-order valence-corrected chi connectivity index (χ4v) is 2.73. The lowest BCUT2D eigenvalue weighted by Crippen LogP contribution is -2.06.